The number of aromatic nitrogens is 2. The summed E-state index contributed by atoms with van der Waals surface area (Å²) in [5.74, 6) is 0.552. The number of likely N-dealkylation sites (tertiary alicyclic amines) is 1. The Balaban J connectivity index is 1.33. The van der Waals surface area contributed by atoms with Gasteiger partial charge in [0.15, 0.2) is 6.61 Å². The number of nitriles is 1. The van der Waals surface area contributed by atoms with Crippen molar-refractivity contribution in [3.63, 3.8) is 0 Å². The number of carbonyl (C=O) groups is 1. The molecule has 0 bridgehead atoms. The fourth-order valence-corrected chi connectivity index (χ4v) is 3.84. The van der Waals surface area contributed by atoms with Crippen LogP contribution in [0.5, 0.6) is 5.75 Å². The van der Waals surface area contributed by atoms with Crippen LogP contribution in [0.3, 0.4) is 0 Å². The summed E-state index contributed by atoms with van der Waals surface area (Å²) in [6.45, 7) is 1.18. The number of piperidine rings is 1. The quantitative estimate of drug-likeness (QED) is 0.725. The van der Waals surface area contributed by atoms with Crippen LogP contribution in [0.1, 0.15) is 24.4 Å². The Kier molecular flexibility index (Phi) is 5.34. The fraction of sp³-hybridized carbons (Fsp3) is 0.318. The van der Waals surface area contributed by atoms with Crippen LogP contribution in [0.2, 0.25) is 0 Å². The van der Waals surface area contributed by atoms with Crippen LogP contribution in [0.25, 0.3) is 11.0 Å². The summed E-state index contributed by atoms with van der Waals surface area (Å²) in [6.07, 6.45) is 1.82. The molecule has 7 heteroatoms. The molecule has 29 heavy (non-hydrogen) atoms. The maximum absolute atomic E-state index is 12.5. The molecule has 2 heterocycles. The number of imidazole rings is 1. The second-order valence-corrected chi connectivity index (χ2v) is 7.20. The Hall–Kier alpha value is -3.53. The van der Waals surface area contributed by atoms with Crippen molar-refractivity contribution in [2.45, 2.75) is 25.3 Å². The van der Waals surface area contributed by atoms with Gasteiger partial charge in [-0.15, -0.1) is 0 Å². The first-order valence-electron chi connectivity index (χ1n) is 9.71. The van der Waals surface area contributed by atoms with Crippen LogP contribution in [-0.2, 0) is 11.2 Å². The summed E-state index contributed by atoms with van der Waals surface area (Å²) < 4.78 is 7.41. The minimum absolute atomic E-state index is 0.0186. The molecule has 0 saturated carbocycles. The van der Waals surface area contributed by atoms with Gasteiger partial charge < -0.3 is 14.6 Å². The Labute approximate surface area is 168 Å². The van der Waals surface area contributed by atoms with Crippen molar-refractivity contribution in [3.8, 4) is 11.8 Å². The van der Waals surface area contributed by atoms with Gasteiger partial charge in [-0.3, -0.25) is 9.36 Å². The number of amides is 1. The lowest BCUT2D eigenvalue weighted by molar-refractivity contribution is -0.134. The highest BCUT2D eigenvalue weighted by Gasteiger charge is 2.26. The van der Waals surface area contributed by atoms with Crippen LogP contribution in [0, 0.1) is 11.3 Å². The van der Waals surface area contributed by atoms with E-state index in [4.69, 9.17) is 10.00 Å². The van der Waals surface area contributed by atoms with Gasteiger partial charge in [0.1, 0.15) is 5.75 Å². The molecule has 0 spiro atoms. The van der Waals surface area contributed by atoms with Gasteiger partial charge in [-0.2, -0.15) is 5.26 Å². The van der Waals surface area contributed by atoms with E-state index in [2.05, 4.69) is 11.1 Å². The summed E-state index contributed by atoms with van der Waals surface area (Å²) in [6, 6.07) is 17.1. The van der Waals surface area contributed by atoms with Crippen molar-refractivity contribution < 1.29 is 9.53 Å². The molecule has 3 aromatic rings. The molecular formula is C22H22N4O3. The molecule has 2 aromatic carbocycles. The van der Waals surface area contributed by atoms with E-state index in [0.717, 1.165) is 29.4 Å². The number of hydrogen-bond donors (Lipinski definition) is 1. The Morgan fingerprint density at radius 1 is 1.14 bits per heavy atom. The van der Waals surface area contributed by atoms with Crippen molar-refractivity contribution in [2.24, 2.45) is 0 Å². The highest BCUT2D eigenvalue weighted by molar-refractivity contribution is 5.78. The number of fused-ring (bicyclic) bond motifs is 1. The number of H-pyrrole nitrogens is 1. The molecule has 7 nitrogen and oxygen atoms in total. The van der Waals surface area contributed by atoms with Gasteiger partial charge in [0, 0.05) is 19.1 Å². The molecule has 1 aromatic heterocycles. The molecule has 0 radical (unpaired) electrons. The molecule has 1 N–H and O–H groups in total. The van der Waals surface area contributed by atoms with Crippen molar-refractivity contribution >= 4 is 16.9 Å². The van der Waals surface area contributed by atoms with Crippen LogP contribution in [0.4, 0.5) is 0 Å². The van der Waals surface area contributed by atoms with E-state index >= 15 is 0 Å². The number of nitrogens with zero attached hydrogens (tertiary/aromatic N) is 3. The third-order valence-corrected chi connectivity index (χ3v) is 5.38. The fourth-order valence-electron chi connectivity index (χ4n) is 3.84. The van der Waals surface area contributed by atoms with E-state index in [1.165, 1.54) is 0 Å². The second kappa shape index (κ2) is 8.23. The molecule has 148 valence electrons. The smallest absolute Gasteiger partial charge is 0.326 e. The summed E-state index contributed by atoms with van der Waals surface area (Å²) in [5.41, 5.74) is 2.57. The van der Waals surface area contributed by atoms with E-state index in [9.17, 15) is 9.59 Å². The van der Waals surface area contributed by atoms with E-state index in [0.29, 0.717) is 25.3 Å². The van der Waals surface area contributed by atoms with Crippen LogP contribution < -0.4 is 10.4 Å². The molecule has 0 aliphatic carbocycles. The molecule has 4 rings (SSSR count). The van der Waals surface area contributed by atoms with Gasteiger partial charge in [-0.25, -0.2) is 4.79 Å². The topological polar surface area (TPSA) is 91.1 Å². The Morgan fingerprint density at radius 2 is 1.86 bits per heavy atom. The average Bonchev–Trinajstić information content (AvgIpc) is 3.09. The monoisotopic (exact) mass is 390 g/mol. The van der Waals surface area contributed by atoms with Gasteiger partial charge in [0.25, 0.3) is 5.91 Å². The minimum atomic E-state index is -0.0980. The molecule has 1 aliphatic rings. The third-order valence-electron chi connectivity index (χ3n) is 5.38. The highest BCUT2D eigenvalue weighted by Crippen LogP contribution is 2.25. The predicted molar refractivity (Wildman–Crippen MR) is 109 cm³/mol. The van der Waals surface area contributed by atoms with E-state index in [-0.39, 0.29) is 24.2 Å². The first-order valence-corrected chi connectivity index (χ1v) is 9.71. The summed E-state index contributed by atoms with van der Waals surface area (Å²) in [7, 11) is 0. The maximum Gasteiger partial charge on any atom is 0.326 e. The normalized spacial score (nSPS) is 14.7. The van der Waals surface area contributed by atoms with E-state index in [1.807, 2.05) is 41.0 Å². The first-order chi connectivity index (χ1) is 14.2. The molecule has 1 aliphatic heterocycles. The first kappa shape index (κ1) is 18.8. The number of benzene rings is 2. The number of rotatable bonds is 5. The number of para-hydroxylation sites is 2. The number of carbonyl (C=O) groups excluding carboxylic acids is 1. The van der Waals surface area contributed by atoms with Gasteiger partial charge >= 0.3 is 5.69 Å². The highest BCUT2D eigenvalue weighted by atomic mass is 16.5. The number of aromatic amines is 1. The van der Waals surface area contributed by atoms with Gasteiger partial charge in [-0.1, -0.05) is 24.3 Å². The average molecular weight is 390 g/mol. The Morgan fingerprint density at radius 3 is 2.59 bits per heavy atom. The van der Waals surface area contributed by atoms with E-state index < -0.39 is 0 Å². The zero-order valence-corrected chi connectivity index (χ0v) is 16.0. The van der Waals surface area contributed by atoms with Crippen molar-refractivity contribution in [1.29, 1.82) is 5.26 Å². The van der Waals surface area contributed by atoms with Gasteiger partial charge in [-0.05, 0) is 42.7 Å². The maximum atomic E-state index is 12.5. The van der Waals surface area contributed by atoms with E-state index in [1.54, 1.807) is 17.0 Å². The number of nitrogens with one attached hydrogen (secondary N) is 1. The number of ether oxygens (including phenoxy) is 1. The number of hydrogen-bond acceptors (Lipinski definition) is 4. The Bertz CT molecular complexity index is 1100. The third kappa shape index (κ3) is 4.02. The van der Waals surface area contributed by atoms with Crippen molar-refractivity contribution in [2.75, 3.05) is 19.7 Å². The standard InChI is InChI=1S/C22H22N4O3/c23-12-9-16-5-7-18(8-6-16)29-15-21(27)25-13-10-17(11-14-25)26-20-4-2-1-3-19(20)24-22(26)28/h1-8,17H,9-11,13-15H2,(H,24,28). The minimum Gasteiger partial charge on any atom is -0.484 e. The van der Waals surface area contributed by atoms with Crippen LogP contribution >= 0.6 is 0 Å². The van der Waals surface area contributed by atoms with Gasteiger partial charge in [0.05, 0.1) is 23.5 Å². The van der Waals surface area contributed by atoms with Crippen LogP contribution in [0.15, 0.2) is 53.3 Å². The summed E-state index contributed by atoms with van der Waals surface area (Å²) >= 11 is 0. The summed E-state index contributed by atoms with van der Waals surface area (Å²) in [4.78, 5) is 29.6. The largest absolute Gasteiger partial charge is 0.484 e. The lowest BCUT2D eigenvalue weighted by atomic mass is 10.0. The van der Waals surface area contributed by atoms with Crippen molar-refractivity contribution in [3.05, 3.63) is 64.6 Å². The molecule has 1 amide bonds. The van der Waals surface area contributed by atoms with Crippen LogP contribution in [-0.4, -0.2) is 40.1 Å². The lowest BCUT2D eigenvalue weighted by Gasteiger charge is -2.32. The van der Waals surface area contributed by atoms with Crippen molar-refractivity contribution in [1.82, 2.24) is 14.5 Å². The molecule has 1 saturated heterocycles. The zero-order chi connectivity index (χ0) is 20.2. The molecule has 0 atom stereocenters. The SMILES string of the molecule is N#CCc1ccc(OCC(=O)N2CCC(n3c(=O)[nH]c4ccccc43)CC2)cc1. The summed E-state index contributed by atoms with van der Waals surface area (Å²) in [5, 5.41) is 8.70. The predicted octanol–water partition coefficient (Wildman–Crippen LogP) is 2.64. The molecule has 0 unspecified atom stereocenters. The molecular weight excluding hydrogens is 368 g/mol. The zero-order valence-electron chi connectivity index (χ0n) is 16.0. The second-order valence-electron chi connectivity index (χ2n) is 7.20. The molecule has 1 fully saturated rings. The van der Waals surface area contributed by atoms with Gasteiger partial charge in [0.2, 0.25) is 0 Å². The lowest BCUT2D eigenvalue weighted by Crippen LogP contribution is -2.42.